The molecule has 2 amide bonds. The third kappa shape index (κ3) is 4.60. The zero-order valence-corrected chi connectivity index (χ0v) is 14.6. The highest BCUT2D eigenvalue weighted by Crippen LogP contribution is 2.27. The Kier molecular flexibility index (Phi) is 6.59. The Bertz CT molecular complexity index is 712. The number of carbonyl (C=O) groups excluding carboxylic acids is 2. The SMILES string of the molecule is CCNC(=O)c1cc(O[C@H](COC)c2ccccc2)c(C(=O)NC)[nH]1. The molecule has 1 atom stereocenters. The molecule has 0 aliphatic carbocycles. The summed E-state index contributed by atoms with van der Waals surface area (Å²) in [5, 5.41) is 5.23. The minimum atomic E-state index is -0.410. The van der Waals surface area contributed by atoms with Gasteiger partial charge in [0.2, 0.25) is 0 Å². The molecule has 0 radical (unpaired) electrons. The molecular weight excluding hydrogens is 322 g/mol. The van der Waals surface area contributed by atoms with Crippen LogP contribution in [0.25, 0.3) is 0 Å². The number of methoxy groups -OCH3 is 1. The minimum Gasteiger partial charge on any atom is -0.481 e. The quantitative estimate of drug-likeness (QED) is 0.681. The molecule has 1 aromatic heterocycles. The number of benzene rings is 1. The monoisotopic (exact) mass is 345 g/mol. The molecule has 1 heterocycles. The third-order valence-corrected chi connectivity index (χ3v) is 3.58. The van der Waals surface area contributed by atoms with E-state index in [1.54, 1.807) is 7.11 Å². The second kappa shape index (κ2) is 8.89. The van der Waals surface area contributed by atoms with E-state index < -0.39 is 6.10 Å². The molecule has 0 fully saturated rings. The van der Waals surface area contributed by atoms with Crippen LogP contribution >= 0.6 is 0 Å². The Labute approximate surface area is 146 Å². The molecule has 7 nitrogen and oxygen atoms in total. The van der Waals surface area contributed by atoms with Crippen LogP contribution in [0.15, 0.2) is 36.4 Å². The van der Waals surface area contributed by atoms with E-state index >= 15 is 0 Å². The number of rotatable bonds is 8. The second-order valence-corrected chi connectivity index (χ2v) is 5.33. The van der Waals surface area contributed by atoms with Crippen molar-refractivity contribution in [2.45, 2.75) is 13.0 Å². The van der Waals surface area contributed by atoms with Crippen molar-refractivity contribution in [3.63, 3.8) is 0 Å². The van der Waals surface area contributed by atoms with Crippen molar-refractivity contribution in [2.75, 3.05) is 27.3 Å². The summed E-state index contributed by atoms with van der Waals surface area (Å²) in [7, 11) is 3.10. The normalized spacial score (nSPS) is 11.6. The average molecular weight is 345 g/mol. The fourth-order valence-corrected chi connectivity index (χ4v) is 2.37. The molecule has 0 saturated heterocycles. The molecule has 0 bridgehead atoms. The first kappa shape index (κ1) is 18.5. The van der Waals surface area contributed by atoms with Gasteiger partial charge in [-0.25, -0.2) is 0 Å². The largest absolute Gasteiger partial charge is 0.481 e. The first-order chi connectivity index (χ1) is 12.1. The fourth-order valence-electron chi connectivity index (χ4n) is 2.37. The van der Waals surface area contributed by atoms with Crippen molar-refractivity contribution in [3.05, 3.63) is 53.3 Å². The van der Waals surface area contributed by atoms with Gasteiger partial charge in [-0.05, 0) is 12.5 Å². The summed E-state index contributed by atoms with van der Waals surface area (Å²) in [5.41, 5.74) is 1.37. The van der Waals surface area contributed by atoms with Crippen molar-refractivity contribution in [1.82, 2.24) is 15.6 Å². The van der Waals surface area contributed by atoms with Gasteiger partial charge in [0.05, 0.1) is 6.61 Å². The van der Waals surface area contributed by atoms with Crippen molar-refractivity contribution < 1.29 is 19.1 Å². The number of aromatic nitrogens is 1. The lowest BCUT2D eigenvalue weighted by molar-refractivity contribution is 0.0784. The summed E-state index contributed by atoms with van der Waals surface area (Å²) in [6, 6.07) is 11.1. The summed E-state index contributed by atoms with van der Waals surface area (Å²) in [6.07, 6.45) is -0.410. The second-order valence-electron chi connectivity index (χ2n) is 5.33. The average Bonchev–Trinajstić information content (AvgIpc) is 3.05. The highest BCUT2D eigenvalue weighted by molar-refractivity contribution is 5.99. The lowest BCUT2D eigenvalue weighted by Gasteiger charge is -2.18. The first-order valence-corrected chi connectivity index (χ1v) is 8.04. The Morgan fingerprint density at radius 1 is 1.20 bits per heavy atom. The zero-order valence-electron chi connectivity index (χ0n) is 14.6. The Morgan fingerprint density at radius 3 is 2.52 bits per heavy atom. The molecule has 0 aliphatic heterocycles. The van der Waals surface area contributed by atoms with E-state index in [4.69, 9.17) is 9.47 Å². The van der Waals surface area contributed by atoms with Crippen molar-refractivity contribution >= 4 is 11.8 Å². The zero-order chi connectivity index (χ0) is 18.2. The smallest absolute Gasteiger partial charge is 0.271 e. The molecule has 134 valence electrons. The molecule has 0 saturated carbocycles. The summed E-state index contributed by atoms with van der Waals surface area (Å²) in [4.78, 5) is 27.0. The predicted octanol–water partition coefficient (Wildman–Crippen LogP) is 1.89. The van der Waals surface area contributed by atoms with Crippen molar-refractivity contribution in [1.29, 1.82) is 0 Å². The summed E-state index contributed by atoms with van der Waals surface area (Å²) < 4.78 is 11.2. The topological polar surface area (TPSA) is 92.4 Å². The Balaban J connectivity index is 2.34. The van der Waals surface area contributed by atoms with Gasteiger partial charge in [-0.3, -0.25) is 9.59 Å². The van der Waals surface area contributed by atoms with Gasteiger partial charge in [0.15, 0.2) is 5.75 Å². The number of hydrogen-bond donors (Lipinski definition) is 3. The maximum atomic E-state index is 12.1. The van der Waals surface area contributed by atoms with E-state index in [1.165, 1.54) is 13.1 Å². The van der Waals surface area contributed by atoms with Crippen LogP contribution < -0.4 is 15.4 Å². The van der Waals surface area contributed by atoms with E-state index in [2.05, 4.69) is 15.6 Å². The van der Waals surface area contributed by atoms with Crippen LogP contribution in [0.1, 0.15) is 39.6 Å². The highest BCUT2D eigenvalue weighted by Gasteiger charge is 2.22. The number of aromatic amines is 1. The number of H-pyrrole nitrogens is 1. The van der Waals surface area contributed by atoms with Crippen LogP contribution in [0.3, 0.4) is 0 Å². The van der Waals surface area contributed by atoms with Gasteiger partial charge >= 0.3 is 0 Å². The van der Waals surface area contributed by atoms with Gasteiger partial charge in [0.1, 0.15) is 17.5 Å². The molecule has 7 heteroatoms. The maximum Gasteiger partial charge on any atom is 0.271 e. The van der Waals surface area contributed by atoms with Crippen LogP contribution in [-0.2, 0) is 4.74 Å². The van der Waals surface area contributed by atoms with E-state index in [-0.39, 0.29) is 23.2 Å². The van der Waals surface area contributed by atoms with Crippen LogP contribution in [0, 0.1) is 0 Å². The molecule has 25 heavy (non-hydrogen) atoms. The van der Waals surface area contributed by atoms with Crippen LogP contribution in [-0.4, -0.2) is 44.1 Å². The lowest BCUT2D eigenvalue weighted by atomic mass is 10.1. The molecule has 0 aliphatic rings. The van der Waals surface area contributed by atoms with Gasteiger partial charge in [-0.15, -0.1) is 0 Å². The van der Waals surface area contributed by atoms with Crippen LogP contribution in [0.5, 0.6) is 5.75 Å². The Morgan fingerprint density at radius 2 is 1.92 bits per heavy atom. The molecule has 2 rings (SSSR count). The van der Waals surface area contributed by atoms with Gasteiger partial charge in [-0.2, -0.15) is 0 Å². The van der Waals surface area contributed by atoms with E-state index in [1.807, 2.05) is 37.3 Å². The molecule has 3 N–H and O–H groups in total. The van der Waals surface area contributed by atoms with Crippen molar-refractivity contribution in [3.8, 4) is 5.75 Å². The summed E-state index contributed by atoms with van der Waals surface area (Å²) in [5.74, 6) is -0.369. The minimum absolute atomic E-state index is 0.195. The van der Waals surface area contributed by atoms with Crippen LogP contribution in [0.2, 0.25) is 0 Å². The highest BCUT2D eigenvalue weighted by atomic mass is 16.5. The first-order valence-electron chi connectivity index (χ1n) is 8.04. The predicted molar refractivity (Wildman–Crippen MR) is 93.9 cm³/mol. The number of amides is 2. The van der Waals surface area contributed by atoms with Gasteiger partial charge < -0.3 is 25.1 Å². The van der Waals surface area contributed by atoms with E-state index in [9.17, 15) is 9.59 Å². The molecular formula is C18H23N3O4. The van der Waals surface area contributed by atoms with Gasteiger partial charge in [-0.1, -0.05) is 30.3 Å². The third-order valence-electron chi connectivity index (χ3n) is 3.58. The van der Waals surface area contributed by atoms with E-state index in [0.717, 1.165) is 5.56 Å². The molecule has 0 spiro atoms. The Hall–Kier alpha value is -2.80. The van der Waals surface area contributed by atoms with Gasteiger partial charge in [0.25, 0.3) is 11.8 Å². The van der Waals surface area contributed by atoms with Gasteiger partial charge in [0, 0.05) is 26.8 Å². The number of hydrogen-bond acceptors (Lipinski definition) is 4. The summed E-state index contributed by atoms with van der Waals surface area (Å²) in [6.45, 7) is 2.61. The molecule has 1 aromatic carbocycles. The number of ether oxygens (including phenoxy) is 2. The number of nitrogens with one attached hydrogen (secondary N) is 3. The molecule has 2 aromatic rings. The molecule has 0 unspecified atom stereocenters. The van der Waals surface area contributed by atoms with E-state index in [0.29, 0.717) is 18.9 Å². The number of carbonyl (C=O) groups is 2. The standard InChI is InChI=1S/C18H23N3O4/c1-4-20-17(22)13-10-14(16(21-13)18(23)19-2)25-15(11-24-3)12-8-6-5-7-9-12/h5-10,15,21H,4,11H2,1-3H3,(H,19,23)(H,20,22)/t15-/m1/s1. The lowest BCUT2D eigenvalue weighted by Crippen LogP contribution is -2.24. The summed E-state index contributed by atoms with van der Waals surface area (Å²) >= 11 is 0. The van der Waals surface area contributed by atoms with Crippen molar-refractivity contribution in [2.24, 2.45) is 0 Å². The van der Waals surface area contributed by atoms with Crippen LogP contribution in [0.4, 0.5) is 0 Å². The fraction of sp³-hybridized carbons (Fsp3) is 0.333. The maximum absolute atomic E-state index is 12.1.